The largest absolute Gasteiger partial charge is 0.354 e. The number of hydrogen-bond donors (Lipinski definition) is 2. The van der Waals surface area contributed by atoms with Crippen LogP contribution in [0.25, 0.3) is 27.6 Å². The molecule has 0 spiro atoms. The number of hydrogen-bond acceptors (Lipinski definition) is 7. The summed E-state index contributed by atoms with van der Waals surface area (Å²) in [6.45, 7) is 5.70. The molecule has 3 N–H and O–H groups in total. The first-order chi connectivity index (χ1) is 17.0. The van der Waals surface area contributed by atoms with Gasteiger partial charge in [0.15, 0.2) is 5.16 Å². The lowest BCUT2D eigenvalue weighted by atomic mass is 10.1. The molecule has 0 aliphatic carbocycles. The Kier molecular flexibility index (Phi) is 5.63. The molecule has 1 aromatic carbocycles. The first-order valence-corrected chi connectivity index (χ1v) is 12.9. The number of nitrogens with one attached hydrogen (secondary N) is 1. The summed E-state index contributed by atoms with van der Waals surface area (Å²) < 4.78 is 2.01. The monoisotopic (exact) mass is 504 g/mol. The van der Waals surface area contributed by atoms with Crippen molar-refractivity contribution in [1.82, 2.24) is 29.5 Å². The molecule has 0 radical (unpaired) electrons. The van der Waals surface area contributed by atoms with Crippen LogP contribution in [-0.2, 0) is 6.42 Å². The maximum atomic E-state index is 6.74. The fraction of sp³-hybridized carbons (Fsp3) is 0.280. The second-order valence-electron chi connectivity index (χ2n) is 8.85. The van der Waals surface area contributed by atoms with Crippen LogP contribution in [0.5, 0.6) is 0 Å². The second kappa shape index (κ2) is 8.82. The van der Waals surface area contributed by atoms with E-state index in [1.165, 1.54) is 11.8 Å². The number of nitrogens with zero attached hydrogens (tertiary/aromatic N) is 6. The number of nitrogens with two attached hydrogens (primary N) is 1. The standard InChI is InChI=1S/C25H25ClN8S/c1-3-18-22(26)21-23(30-18)31-25(32-24(21)33-8-6-15(27)12-33)35-16-4-5-17-19(11-16)29-14(2)10-20(17)34-9-7-28-13-34/h4-5,7,9-11,13,15H,3,6,8,12,27H2,1-2H3,(H,30,31,32)/t15-/m0/s1. The van der Waals surface area contributed by atoms with Gasteiger partial charge in [0, 0.05) is 53.2 Å². The summed E-state index contributed by atoms with van der Waals surface area (Å²) in [4.78, 5) is 25.4. The first kappa shape index (κ1) is 22.3. The van der Waals surface area contributed by atoms with Crippen LogP contribution in [0.1, 0.15) is 24.7 Å². The van der Waals surface area contributed by atoms with Gasteiger partial charge < -0.3 is 20.2 Å². The number of rotatable bonds is 5. The Hall–Kier alpha value is -3.14. The Balaban J connectivity index is 1.42. The summed E-state index contributed by atoms with van der Waals surface area (Å²) in [7, 11) is 0. The van der Waals surface area contributed by atoms with Crippen molar-refractivity contribution in [3.63, 3.8) is 0 Å². The van der Waals surface area contributed by atoms with Crippen molar-refractivity contribution in [3.8, 4) is 5.69 Å². The van der Waals surface area contributed by atoms with Gasteiger partial charge >= 0.3 is 0 Å². The highest BCUT2D eigenvalue weighted by Gasteiger charge is 2.26. The van der Waals surface area contributed by atoms with E-state index < -0.39 is 0 Å². The lowest BCUT2D eigenvalue weighted by molar-refractivity contribution is 0.751. The number of aromatic nitrogens is 6. The van der Waals surface area contributed by atoms with Gasteiger partial charge in [-0.05, 0) is 55.8 Å². The highest BCUT2D eigenvalue weighted by molar-refractivity contribution is 7.99. The van der Waals surface area contributed by atoms with Gasteiger partial charge in [0.05, 0.1) is 27.9 Å². The summed E-state index contributed by atoms with van der Waals surface area (Å²) in [6.07, 6.45) is 7.26. The van der Waals surface area contributed by atoms with Gasteiger partial charge in [0.25, 0.3) is 0 Å². The zero-order chi connectivity index (χ0) is 24.1. The summed E-state index contributed by atoms with van der Waals surface area (Å²) in [5.41, 5.74) is 10.9. The third-order valence-corrected chi connectivity index (χ3v) is 7.65. The normalized spacial score (nSPS) is 16.1. The van der Waals surface area contributed by atoms with Crippen LogP contribution < -0.4 is 10.6 Å². The minimum atomic E-state index is 0.138. The molecule has 178 valence electrons. The van der Waals surface area contributed by atoms with Gasteiger partial charge in [-0.1, -0.05) is 18.5 Å². The minimum Gasteiger partial charge on any atom is -0.354 e. The number of halogens is 1. The van der Waals surface area contributed by atoms with Crippen molar-refractivity contribution in [2.45, 2.75) is 42.8 Å². The molecular formula is C25H25ClN8S. The fourth-order valence-electron chi connectivity index (χ4n) is 4.67. The van der Waals surface area contributed by atoms with Crippen LogP contribution in [0.3, 0.4) is 0 Å². The molecule has 35 heavy (non-hydrogen) atoms. The van der Waals surface area contributed by atoms with Gasteiger partial charge in [0.1, 0.15) is 11.5 Å². The number of anilines is 1. The number of imidazole rings is 1. The molecule has 1 saturated heterocycles. The molecule has 0 unspecified atom stereocenters. The first-order valence-electron chi connectivity index (χ1n) is 11.7. The molecule has 8 nitrogen and oxygen atoms in total. The molecule has 4 aromatic heterocycles. The smallest absolute Gasteiger partial charge is 0.196 e. The average molecular weight is 505 g/mol. The predicted octanol–water partition coefficient (Wildman–Crippen LogP) is 4.90. The molecule has 5 aromatic rings. The van der Waals surface area contributed by atoms with Crippen LogP contribution in [-0.4, -0.2) is 48.6 Å². The van der Waals surface area contributed by atoms with E-state index in [4.69, 9.17) is 32.3 Å². The van der Waals surface area contributed by atoms with Crippen LogP contribution >= 0.6 is 23.4 Å². The molecule has 1 aliphatic heterocycles. The van der Waals surface area contributed by atoms with Crippen LogP contribution in [0.15, 0.2) is 53.0 Å². The predicted molar refractivity (Wildman–Crippen MR) is 141 cm³/mol. The topological polar surface area (TPSA) is 102 Å². The van der Waals surface area contributed by atoms with Gasteiger partial charge in [-0.15, -0.1) is 0 Å². The molecule has 0 saturated carbocycles. The summed E-state index contributed by atoms with van der Waals surface area (Å²) in [6, 6.07) is 8.48. The lowest BCUT2D eigenvalue weighted by Crippen LogP contribution is -2.27. The summed E-state index contributed by atoms with van der Waals surface area (Å²) in [5.74, 6) is 0.851. The Morgan fingerprint density at radius 3 is 2.86 bits per heavy atom. The van der Waals surface area contributed by atoms with Crippen molar-refractivity contribution in [3.05, 3.63) is 59.4 Å². The van der Waals surface area contributed by atoms with Crippen LogP contribution in [0.4, 0.5) is 5.82 Å². The van der Waals surface area contributed by atoms with Gasteiger partial charge in [-0.25, -0.2) is 15.0 Å². The van der Waals surface area contributed by atoms with E-state index in [0.29, 0.717) is 10.2 Å². The van der Waals surface area contributed by atoms with Crippen molar-refractivity contribution in [2.75, 3.05) is 18.0 Å². The lowest BCUT2D eigenvalue weighted by Gasteiger charge is -2.18. The Labute approximate surface area is 211 Å². The quantitative estimate of drug-likeness (QED) is 0.328. The van der Waals surface area contributed by atoms with Crippen molar-refractivity contribution in [1.29, 1.82) is 0 Å². The third-order valence-electron chi connectivity index (χ3n) is 6.38. The van der Waals surface area contributed by atoms with Crippen LogP contribution in [0, 0.1) is 6.92 Å². The average Bonchev–Trinajstić information content (AvgIpc) is 3.59. The molecule has 0 bridgehead atoms. The Morgan fingerprint density at radius 2 is 2.11 bits per heavy atom. The number of aromatic amines is 1. The van der Waals surface area contributed by atoms with E-state index in [0.717, 1.165) is 75.7 Å². The highest BCUT2D eigenvalue weighted by atomic mass is 35.5. The maximum Gasteiger partial charge on any atom is 0.196 e. The third kappa shape index (κ3) is 4.03. The Bertz CT molecular complexity index is 1540. The molecule has 10 heteroatoms. The molecule has 1 atom stereocenters. The second-order valence-corrected chi connectivity index (χ2v) is 10.3. The molecular weight excluding hydrogens is 480 g/mol. The van der Waals surface area contributed by atoms with E-state index in [1.807, 2.05) is 17.7 Å². The van der Waals surface area contributed by atoms with E-state index in [2.05, 4.69) is 46.1 Å². The summed E-state index contributed by atoms with van der Waals surface area (Å²) in [5, 5.41) is 3.30. The fourth-order valence-corrected chi connectivity index (χ4v) is 5.81. The molecule has 0 amide bonds. The minimum absolute atomic E-state index is 0.138. The van der Waals surface area contributed by atoms with Crippen LogP contribution in [0.2, 0.25) is 5.02 Å². The highest BCUT2D eigenvalue weighted by Crippen LogP contribution is 2.38. The molecule has 1 aliphatic rings. The van der Waals surface area contributed by atoms with Crippen molar-refractivity contribution >= 4 is 51.1 Å². The number of pyridine rings is 1. The number of benzene rings is 1. The zero-order valence-corrected chi connectivity index (χ0v) is 21.1. The molecule has 1 fully saturated rings. The zero-order valence-electron chi connectivity index (χ0n) is 19.5. The van der Waals surface area contributed by atoms with Gasteiger partial charge in [0.2, 0.25) is 0 Å². The van der Waals surface area contributed by atoms with Crippen molar-refractivity contribution < 1.29 is 0 Å². The SMILES string of the molecule is CCc1[nH]c2nc(Sc3ccc4c(-n5ccnc5)cc(C)nc4c3)nc(N3CC[C@H](N)C3)c2c1Cl. The Morgan fingerprint density at radius 1 is 1.23 bits per heavy atom. The number of fused-ring (bicyclic) bond motifs is 2. The van der Waals surface area contributed by atoms with E-state index in [-0.39, 0.29) is 6.04 Å². The van der Waals surface area contributed by atoms with Gasteiger partial charge in [-0.3, -0.25) is 4.98 Å². The van der Waals surface area contributed by atoms with E-state index in [9.17, 15) is 0 Å². The maximum absolute atomic E-state index is 6.74. The van der Waals surface area contributed by atoms with E-state index >= 15 is 0 Å². The van der Waals surface area contributed by atoms with Crippen molar-refractivity contribution in [2.24, 2.45) is 5.73 Å². The summed E-state index contributed by atoms with van der Waals surface area (Å²) >= 11 is 8.26. The van der Waals surface area contributed by atoms with E-state index in [1.54, 1.807) is 12.5 Å². The molecule has 5 heterocycles. The van der Waals surface area contributed by atoms with Gasteiger partial charge in [-0.2, -0.15) is 0 Å². The number of aryl methyl sites for hydroxylation is 2. The number of H-pyrrole nitrogens is 1. The molecule has 6 rings (SSSR count).